The second-order valence-electron chi connectivity index (χ2n) is 3.00. The Balaban J connectivity index is 2.27. The van der Waals surface area contributed by atoms with Gasteiger partial charge in [0.2, 0.25) is 0 Å². The molecule has 2 aromatic heterocycles. The molecule has 0 saturated carbocycles. The molecule has 0 atom stereocenters. The first-order chi connectivity index (χ1) is 7.29. The second-order valence-corrected chi connectivity index (χ2v) is 3.00. The molecule has 5 heteroatoms. The van der Waals surface area contributed by atoms with Crippen LogP contribution in [0.5, 0.6) is 0 Å². The normalized spacial score (nSPS) is 10.2. The smallest absolute Gasteiger partial charge is 0.161 e. The number of aldehydes is 1. The Labute approximate surface area is 85.4 Å². The highest BCUT2D eigenvalue weighted by molar-refractivity contribution is 5.54. The van der Waals surface area contributed by atoms with Gasteiger partial charge in [-0.15, -0.1) is 0 Å². The molecule has 2 aromatic rings. The van der Waals surface area contributed by atoms with Crippen LogP contribution in [-0.2, 0) is 11.2 Å². The van der Waals surface area contributed by atoms with E-state index < -0.39 is 5.82 Å². The highest BCUT2D eigenvalue weighted by atomic mass is 19.1. The quantitative estimate of drug-likeness (QED) is 0.706. The van der Waals surface area contributed by atoms with Crippen LogP contribution in [0.15, 0.2) is 30.7 Å². The Kier molecular flexibility index (Phi) is 2.53. The van der Waals surface area contributed by atoms with Crippen molar-refractivity contribution >= 4 is 6.29 Å². The van der Waals surface area contributed by atoms with E-state index in [1.165, 1.54) is 10.9 Å². The third-order valence-electron chi connectivity index (χ3n) is 1.91. The van der Waals surface area contributed by atoms with Crippen LogP contribution in [0.1, 0.15) is 5.56 Å². The van der Waals surface area contributed by atoms with Gasteiger partial charge in [0.25, 0.3) is 0 Å². The van der Waals surface area contributed by atoms with Crippen LogP contribution in [0.2, 0.25) is 0 Å². The van der Waals surface area contributed by atoms with E-state index in [4.69, 9.17) is 0 Å². The fourth-order valence-corrected chi connectivity index (χ4v) is 1.20. The minimum absolute atomic E-state index is 0.334. The van der Waals surface area contributed by atoms with Gasteiger partial charge in [-0.1, -0.05) is 6.07 Å². The molecule has 0 bridgehead atoms. The predicted octanol–water partition coefficient (Wildman–Crippen LogP) is 1.15. The Morgan fingerprint density at radius 2 is 2.27 bits per heavy atom. The molecule has 0 spiro atoms. The molecule has 0 unspecified atom stereocenters. The largest absolute Gasteiger partial charge is 0.303 e. The van der Waals surface area contributed by atoms with Crippen molar-refractivity contribution < 1.29 is 9.18 Å². The van der Waals surface area contributed by atoms with E-state index in [0.717, 1.165) is 18.0 Å². The molecule has 0 saturated heterocycles. The van der Waals surface area contributed by atoms with Crippen LogP contribution in [0.3, 0.4) is 0 Å². The first-order valence-electron chi connectivity index (χ1n) is 4.39. The van der Waals surface area contributed by atoms with Crippen LogP contribution in [-0.4, -0.2) is 21.1 Å². The summed E-state index contributed by atoms with van der Waals surface area (Å²) in [6.45, 7) is 0. The van der Waals surface area contributed by atoms with Gasteiger partial charge in [0.15, 0.2) is 11.6 Å². The first kappa shape index (κ1) is 9.51. The van der Waals surface area contributed by atoms with Gasteiger partial charge in [-0.2, -0.15) is 5.10 Å². The number of carbonyl (C=O) groups excluding carboxylic acids is 1. The summed E-state index contributed by atoms with van der Waals surface area (Å²) in [4.78, 5) is 14.3. The number of halogens is 1. The topological polar surface area (TPSA) is 47.8 Å². The molecule has 0 N–H and O–H groups in total. The number of carbonyl (C=O) groups is 1. The average Bonchev–Trinajstić information content (AvgIpc) is 2.67. The van der Waals surface area contributed by atoms with Gasteiger partial charge >= 0.3 is 0 Å². The predicted molar refractivity (Wildman–Crippen MR) is 51.1 cm³/mol. The standard InChI is InChI=1S/C10H8FN3O/c11-9-6-13-14(7-9)10-2-1-8(3-4-15)5-12-10/h1-2,4-7H,3H2. The Hall–Kier alpha value is -2.04. The van der Waals surface area contributed by atoms with Crippen molar-refractivity contribution in [2.75, 3.05) is 0 Å². The molecular weight excluding hydrogens is 197 g/mol. The minimum Gasteiger partial charge on any atom is -0.303 e. The monoisotopic (exact) mass is 205 g/mol. The second kappa shape index (κ2) is 4.00. The lowest BCUT2D eigenvalue weighted by Crippen LogP contribution is -1.98. The Morgan fingerprint density at radius 3 is 2.80 bits per heavy atom. The number of hydrogen-bond donors (Lipinski definition) is 0. The molecule has 0 aliphatic heterocycles. The van der Waals surface area contributed by atoms with Gasteiger partial charge in [-0.25, -0.2) is 14.1 Å². The molecule has 0 amide bonds. The van der Waals surface area contributed by atoms with Crippen LogP contribution in [0, 0.1) is 5.82 Å². The summed E-state index contributed by atoms with van der Waals surface area (Å²) in [6, 6.07) is 3.45. The molecule has 2 heterocycles. The van der Waals surface area contributed by atoms with Crippen LogP contribution in [0.4, 0.5) is 4.39 Å². The van der Waals surface area contributed by atoms with Crippen molar-refractivity contribution in [2.24, 2.45) is 0 Å². The van der Waals surface area contributed by atoms with E-state index in [0.29, 0.717) is 12.2 Å². The molecule has 0 aliphatic rings. The Bertz CT molecular complexity index is 464. The highest BCUT2D eigenvalue weighted by Crippen LogP contribution is 2.06. The lowest BCUT2D eigenvalue weighted by molar-refractivity contribution is -0.107. The van der Waals surface area contributed by atoms with E-state index in [2.05, 4.69) is 10.1 Å². The summed E-state index contributed by atoms with van der Waals surface area (Å²) < 4.78 is 14.0. The van der Waals surface area contributed by atoms with Crippen molar-refractivity contribution in [2.45, 2.75) is 6.42 Å². The zero-order valence-electron chi connectivity index (χ0n) is 7.80. The van der Waals surface area contributed by atoms with Gasteiger partial charge in [0.05, 0.1) is 12.4 Å². The molecule has 2 rings (SSSR count). The molecule has 76 valence electrons. The maximum atomic E-state index is 12.7. The zero-order chi connectivity index (χ0) is 10.7. The fraction of sp³-hybridized carbons (Fsp3) is 0.100. The summed E-state index contributed by atoms with van der Waals surface area (Å²) in [5.41, 5.74) is 0.821. The first-order valence-corrected chi connectivity index (χ1v) is 4.39. The number of rotatable bonds is 3. The van der Waals surface area contributed by atoms with Crippen LogP contribution >= 0.6 is 0 Å². The van der Waals surface area contributed by atoms with Crippen molar-refractivity contribution in [1.29, 1.82) is 0 Å². The maximum absolute atomic E-state index is 12.7. The Morgan fingerprint density at radius 1 is 1.40 bits per heavy atom. The SMILES string of the molecule is O=CCc1ccc(-n2cc(F)cn2)nc1. The summed E-state index contributed by atoms with van der Waals surface area (Å²) >= 11 is 0. The summed E-state index contributed by atoms with van der Waals surface area (Å²) in [7, 11) is 0. The van der Waals surface area contributed by atoms with Crippen molar-refractivity contribution in [3.63, 3.8) is 0 Å². The molecular formula is C10H8FN3O. The van der Waals surface area contributed by atoms with Gasteiger partial charge in [0, 0.05) is 12.6 Å². The van der Waals surface area contributed by atoms with E-state index in [1.54, 1.807) is 18.3 Å². The van der Waals surface area contributed by atoms with Gasteiger partial charge in [0.1, 0.15) is 6.29 Å². The van der Waals surface area contributed by atoms with Crippen molar-refractivity contribution in [1.82, 2.24) is 14.8 Å². The molecule has 0 aromatic carbocycles. The van der Waals surface area contributed by atoms with E-state index >= 15 is 0 Å². The van der Waals surface area contributed by atoms with Crippen molar-refractivity contribution in [3.8, 4) is 5.82 Å². The number of aromatic nitrogens is 3. The minimum atomic E-state index is -0.409. The summed E-state index contributed by atoms with van der Waals surface area (Å²) in [5.74, 6) is 0.113. The average molecular weight is 205 g/mol. The number of pyridine rings is 1. The lowest BCUT2D eigenvalue weighted by Gasteiger charge is -2.00. The van der Waals surface area contributed by atoms with Gasteiger partial charge in [-0.05, 0) is 11.6 Å². The van der Waals surface area contributed by atoms with Crippen LogP contribution < -0.4 is 0 Å². The lowest BCUT2D eigenvalue weighted by atomic mass is 10.2. The van der Waals surface area contributed by atoms with E-state index in [1.807, 2.05) is 0 Å². The van der Waals surface area contributed by atoms with Crippen LogP contribution in [0.25, 0.3) is 5.82 Å². The molecule has 0 radical (unpaired) electrons. The maximum Gasteiger partial charge on any atom is 0.161 e. The van der Waals surface area contributed by atoms with E-state index in [9.17, 15) is 9.18 Å². The fourth-order valence-electron chi connectivity index (χ4n) is 1.20. The summed E-state index contributed by atoms with van der Waals surface area (Å²) in [6.07, 6.45) is 5.07. The third-order valence-corrected chi connectivity index (χ3v) is 1.91. The molecule has 0 aliphatic carbocycles. The van der Waals surface area contributed by atoms with E-state index in [-0.39, 0.29) is 0 Å². The highest BCUT2D eigenvalue weighted by Gasteiger charge is 2.01. The van der Waals surface area contributed by atoms with Gasteiger partial charge < -0.3 is 4.79 Å². The van der Waals surface area contributed by atoms with Crippen molar-refractivity contribution in [3.05, 3.63) is 42.1 Å². The molecule has 4 nitrogen and oxygen atoms in total. The van der Waals surface area contributed by atoms with Gasteiger partial charge in [-0.3, -0.25) is 0 Å². The zero-order valence-corrected chi connectivity index (χ0v) is 7.80. The molecule has 0 fully saturated rings. The number of hydrogen-bond acceptors (Lipinski definition) is 3. The summed E-state index contributed by atoms with van der Waals surface area (Å²) in [5, 5.41) is 3.77. The molecule has 15 heavy (non-hydrogen) atoms. The number of nitrogens with zero attached hydrogens (tertiary/aromatic N) is 3. The third kappa shape index (κ3) is 2.07.